The molecular weight excluding hydrogens is 532 g/mol. The Morgan fingerprint density at radius 2 is 1.54 bits per heavy atom. The summed E-state index contributed by atoms with van der Waals surface area (Å²) in [5.74, 6) is -1.23. The van der Waals surface area contributed by atoms with E-state index in [-0.39, 0.29) is 27.9 Å². The largest absolute Gasteiger partial charge is 0.408 e. The Morgan fingerprint density at radius 3 is 2.16 bits per heavy atom. The minimum atomic E-state index is -5.08. The van der Waals surface area contributed by atoms with E-state index >= 15 is 0 Å². The summed E-state index contributed by atoms with van der Waals surface area (Å²) in [5, 5.41) is 0.186. The van der Waals surface area contributed by atoms with Crippen LogP contribution in [0.25, 0.3) is 22.2 Å². The predicted octanol–water partition coefficient (Wildman–Crippen LogP) is 5.64. The maximum atomic E-state index is 15.0. The lowest BCUT2D eigenvalue weighted by Crippen LogP contribution is -2.46. The lowest BCUT2D eigenvalue weighted by atomic mass is 10.0. The molecule has 0 spiro atoms. The monoisotopic (exact) mass is 554 g/mol. The van der Waals surface area contributed by atoms with Crippen molar-refractivity contribution >= 4 is 30.9 Å². The summed E-state index contributed by atoms with van der Waals surface area (Å²) in [5.41, 5.74) is 0.603. The highest BCUT2D eigenvalue weighted by Crippen LogP contribution is 2.41. The number of hydrogen-bond acceptors (Lipinski definition) is 5. The Morgan fingerprint density at radius 1 is 0.892 bits per heavy atom. The van der Waals surface area contributed by atoms with Crippen molar-refractivity contribution in [1.29, 1.82) is 0 Å². The van der Waals surface area contributed by atoms with Crippen molar-refractivity contribution in [3.8, 4) is 11.1 Å². The van der Waals surface area contributed by atoms with Crippen molar-refractivity contribution in [2.45, 2.75) is 42.3 Å². The Kier molecular flexibility index (Phi) is 6.48. The molecule has 0 aliphatic rings. The van der Waals surface area contributed by atoms with E-state index in [9.17, 15) is 34.4 Å². The highest BCUT2D eigenvalue weighted by molar-refractivity contribution is 7.92. The summed E-state index contributed by atoms with van der Waals surface area (Å²) < 4.78 is 106. The molecule has 0 amide bonds. The Balaban J connectivity index is 1.89. The van der Waals surface area contributed by atoms with Gasteiger partial charge in [0.05, 0.1) is 10.6 Å². The second-order valence-corrected chi connectivity index (χ2v) is 13.4. The average molecular weight is 555 g/mol. The van der Waals surface area contributed by atoms with Crippen molar-refractivity contribution in [2.24, 2.45) is 0 Å². The predicted molar refractivity (Wildman–Crippen MR) is 132 cm³/mol. The van der Waals surface area contributed by atoms with Gasteiger partial charge in [0.1, 0.15) is 5.82 Å². The van der Waals surface area contributed by atoms with Crippen molar-refractivity contribution < 1.29 is 34.4 Å². The molecule has 0 bridgehead atoms. The fourth-order valence-corrected chi connectivity index (χ4v) is 6.65. The molecule has 0 saturated heterocycles. The summed E-state index contributed by atoms with van der Waals surface area (Å²) >= 11 is 0. The third-order valence-electron chi connectivity index (χ3n) is 6.14. The SMILES string of the molecule is Cc1cc(-c2cc(S(=O)(=O)C(C)(C)C(F)(F)F)ccc2F)c2ccn(S(=O)(=O)Cc3ccccc3)c2n1. The molecule has 0 unspecified atom stereocenters. The third kappa shape index (κ3) is 4.63. The molecule has 6 nitrogen and oxygen atoms in total. The van der Waals surface area contributed by atoms with Crippen LogP contribution in [0.2, 0.25) is 0 Å². The second kappa shape index (κ2) is 8.95. The van der Waals surface area contributed by atoms with E-state index in [2.05, 4.69) is 4.98 Å². The van der Waals surface area contributed by atoms with Crippen LogP contribution in [0.4, 0.5) is 17.6 Å². The molecule has 0 saturated carbocycles. The molecule has 0 atom stereocenters. The fourth-order valence-electron chi connectivity index (χ4n) is 3.84. The van der Waals surface area contributed by atoms with Gasteiger partial charge in [-0.25, -0.2) is 30.2 Å². The van der Waals surface area contributed by atoms with Crippen LogP contribution in [0.5, 0.6) is 0 Å². The highest BCUT2D eigenvalue weighted by atomic mass is 32.2. The average Bonchev–Trinajstić information content (AvgIpc) is 3.23. The first-order valence-electron chi connectivity index (χ1n) is 10.9. The van der Waals surface area contributed by atoms with Gasteiger partial charge >= 0.3 is 6.18 Å². The van der Waals surface area contributed by atoms with Gasteiger partial charge in [0.25, 0.3) is 0 Å². The number of benzene rings is 2. The quantitative estimate of drug-likeness (QED) is 0.227. The van der Waals surface area contributed by atoms with Crippen LogP contribution in [0.15, 0.2) is 71.8 Å². The zero-order valence-electron chi connectivity index (χ0n) is 19.9. The maximum Gasteiger partial charge on any atom is 0.408 e. The summed E-state index contributed by atoms with van der Waals surface area (Å²) in [6.07, 6.45) is -3.82. The number of fused-ring (bicyclic) bond motifs is 1. The summed E-state index contributed by atoms with van der Waals surface area (Å²) in [6, 6.07) is 13.6. The Labute approximate surface area is 211 Å². The Bertz CT molecular complexity index is 1710. The molecule has 2 aromatic carbocycles. The van der Waals surface area contributed by atoms with Crippen LogP contribution < -0.4 is 0 Å². The second-order valence-electron chi connectivity index (χ2n) is 9.06. The third-order valence-corrected chi connectivity index (χ3v) is 10.2. The molecule has 0 aliphatic carbocycles. The van der Waals surface area contributed by atoms with Crippen molar-refractivity contribution in [3.05, 3.63) is 83.9 Å². The first-order chi connectivity index (χ1) is 17.1. The lowest BCUT2D eigenvalue weighted by molar-refractivity contribution is -0.153. The van der Waals surface area contributed by atoms with Gasteiger partial charge in [0.2, 0.25) is 10.0 Å². The van der Waals surface area contributed by atoms with Gasteiger partial charge < -0.3 is 0 Å². The normalized spacial score (nSPS) is 13.3. The molecule has 0 fully saturated rings. The van der Waals surface area contributed by atoms with E-state index in [0.29, 0.717) is 25.1 Å². The first-order valence-corrected chi connectivity index (χ1v) is 14.0. The lowest BCUT2D eigenvalue weighted by Gasteiger charge is -2.27. The number of aromatic nitrogens is 2. The van der Waals surface area contributed by atoms with Gasteiger partial charge in [-0.3, -0.25) is 0 Å². The number of halogens is 4. The van der Waals surface area contributed by atoms with E-state index < -0.39 is 41.5 Å². The number of alkyl halides is 3. The van der Waals surface area contributed by atoms with Crippen LogP contribution in [-0.4, -0.2) is 36.7 Å². The number of hydrogen-bond donors (Lipinski definition) is 0. The van der Waals surface area contributed by atoms with E-state index in [1.807, 2.05) is 0 Å². The van der Waals surface area contributed by atoms with E-state index in [1.165, 1.54) is 25.3 Å². The van der Waals surface area contributed by atoms with Crippen LogP contribution >= 0.6 is 0 Å². The molecule has 196 valence electrons. The van der Waals surface area contributed by atoms with Crippen molar-refractivity contribution in [3.63, 3.8) is 0 Å². The summed E-state index contributed by atoms with van der Waals surface area (Å²) in [4.78, 5) is 3.58. The van der Waals surface area contributed by atoms with Gasteiger partial charge in [-0.1, -0.05) is 30.3 Å². The first kappa shape index (κ1) is 26.8. The van der Waals surface area contributed by atoms with Gasteiger partial charge in [-0.05, 0) is 62.2 Å². The summed E-state index contributed by atoms with van der Waals surface area (Å²) in [6.45, 7) is 2.62. The fraction of sp³-hybridized carbons (Fsp3) is 0.240. The minimum absolute atomic E-state index is 0.0192. The zero-order valence-corrected chi connectivity index (χ0v) is 21.5. The number of sulfone groups is 1. The van der Waals surface area contributed by atoms with Gasteiger partial charge in [-0.2, -0.15) is 13.2 Å². The molecule has 4 rings (SSSR count). The van der Waals surface area contributed by atoms with Gasteiger partial charge in [0, 0.05) is 22.8 Å². The van der Waals surface area contributed by atoms with E-state index in [4.69, 9.17) is 0 Å². The molecule has 0 aliphatic heterocycles. The topological polar surface area (TPSA) is 86.1 Å². The molecule has 0 N–H and O–H groups in total. The molecule has 12 heteroatoms. The van der Waals surface area contributed by atoms with Crippen molar-refractivity contribution in [1.82, 2.24) is 8.96 Å². The maximum absolute atomic E-state index is 15.0. The summed E-state index contributed by atoms with van der Waals surface area (Å²) in [7, 11) is -8.92. The molecular formula is C25H22F4N2O4S2. The molecule has 2 aromatic heterocycles. The van der Waals surface area contributed by atoms with E-state index in [0.717, 1.165) is 22.2 Å². The Hall–Kier alpha value is -3.25. The van der Waals surface area contributed by atoms with Gasteiger partial charge in [-0.15, -0.1) is 0 Å². The highest BCUT2D eigenvalue weighted by Gasteiger charge is 2.57. The van der Waals surface area contributed by atoms with Crippen LogP contribution in [0.1, 0.15) is 25.1 Å². The zero-order chi connectivity index (χ0) is 27.4. The molecule has 0 radical (unpaired) electrons. The number of rotatable bonds is 6. The van der Waals surface area contributed by atoms with Crippen LogP contribution in [-0.2, 0) is 25.6 Å². The smallest absolute Gasteiger partial charge is 0.234 e. The standard InChI is InChI=1S/C25H22F4N2O4S2/c1-16-13-20(21-14-18(9-10-22(21)26)37(34,35)24(2,3)25(27,28)29)19-11-12-31(23(19)30-16)36(32,33)15-17-7-5-4-6-8-17/h4-14H,15H2,1-3H3. The number of aryl methyl sites for hydroxylation is 1. The molecule has 37 heavy (non-hydrogen) atoms. The van der Waals surface area contributed by atoms with Gasteiger partial charge in [0.15, 0.2) is 20.2 Å². The molecule has 2 heterocycles. The molecule has 4 aromatic rings. The van der Waals surface area contributed by atoms with Crippen LogP contribution in [0, 0.1) is 12.7 Å². The van der Waals surface area contributed by atoms with E-state index in [1.54, 1.807) is 30.3 Å². The minimum Gasteiger partial charge on any atom is -0.234 e. The number of nitrogens with zero attached hydrogens (tertiary/aromatic N) is 2. The number of pyridine rings is 1. The van der Waals surface area contributed by atoms with Crippen molar-refractivity contribution in [2.75, 3.05) is 0 Å². The van der Waals surface area contributed by atoms with Crippen LogP contribution in [0.3, 0.4) is 0 Å².